The topological polar surface area (TPSA) is 57.0 Å². The molecule has 0 heterocycles. The van der Waals surface area contributed by atoms with Gasteiger partial charge in [0.2, 0.25) is 0 Å². The molecule has 0 aliphatic heterocycles. The van der Waals surface area contributed by atoms with Crippen molar-refractivity contribution >= 4 is 0 Å². The van der Waals surface area contributed by atoms with Crippen LogP contribution in [0, 0.1) is 0 Å². The third kappa shape index (κ3) is 6.23. The van der Waals surface area contributed by atoms with Crippen molar-refractivity contribution in [1.82, 2.24) is 4.90 Å². The second kappa shape index (κ2) is 10.5. The predicted octanol–water partition coefficient (Wildman–Crippen LogP) is 1.37. The van der Waals surface area contributed by atoms with Crippen molar-refractivity contribution in [2.45, 2.75) is 6.42 Å². The standard InChI is InChI=1S/C15H26N2O3/c1-18-12-10-17(9-5-8-16)11-13-20-15-7-4-3-6-14(15)19-2/h3-4,6-7H,5,8-13,16H2,1-2H3. The van der Waals surface area contributed by atoms with Crippen molar-refractivity contribution in [1.29, 1.82) is 0 Å². The summed E-state index contributed by atoms with van der Waals surface area (Å²) >= 11 is 0. The van der Waals surface area contributed by atoms with E-state index in [2.05, 4.69) is 4.90 Å². The van der Waals surface area contributed by atoms with Gasteiger partial charge in [0, 0.05) is 20.2 Å². The highest BCUT2D eigenvalue weighted by Crippen LogP contribution is 2.25. The lowest BCUT2D eigenvalue weighted by atomic mass is 10.3. The second-order valence-electron chi connectivity index (χ2n) is 4.48. The number of hydrogen-bond donors (Lipinski definition) is 1. The van der Waals surface area contributed by atoms with Gasteiger partial charge in [0.25, 0.3) is 0 Å². The molecule has 5 heteroatoms. The number of para-hydroxylation sites is 2. The normalized spacial score (nSPS) is 10.8. The summed E-state index contributed by atoms with van der Waals surface area (Å²) < 4.78 is 16.2. The number of hydrogen-bond acceptors (Lipinski definition) is 5. The number of nitrogens with zero attached hydrogens (tertiary/aromatic N) is 1. The number of ether oxygens (including phenoxy) is 3. The lowest BCUT2D eigenvalue weighted by molar-refractivity contribution is 0.133. The fourth-order valence-electron chi connectivity index (χ4n) is 1.89. The zero-order valence-electron chi connectivity index (χ0n) is 12.5. The van der Waals surface area contributed by atoms with Crippen LogP contribution >= 0.6 is 0 Å². The van der Waals surface area contributed by atoms with E-state index >= 15 is 0 Å². The van der Waals surface area contributed by atoms with Crippen molar-refractivity contribution in [2.75, 3.05) is 53.6 Å². The lowest BCUT2D eigenvalue weighted by Gasteiger charge is -2.22. The number of benzene rings is 1. The predicted molar refractivity (Wildman–Crippen MR) is 80.5 cm³/mol. The molecule has 1 aromatic rings. The van der Waals surface area contributed by atoms with Crippen LogP contribution in [0.2, 0.25) is 0 Å². The minimum atomic E-state index is 0.620. The zero-order valence-corrected chi connectivity index (χ0v) is 12.5. The smallest absolute Gasteiger partial charge is 0.161 e. The largest absolute Gasteiger partial charge is 0.493 e. The van der Waals surface area contributed by atoms with Gasteiger partial charge < -0.3 is 19.9 Å². The van der Waals surface area contributed by atoms with Gasteiger partial charge in [-0.15, -0.1) is 0 Å². The Labute approximate surface area is 121 Å². The first kappa shape index (κ1) is 16.8. The van der Waals surface area contributed by atoms with E-state index in [1.165, 1.54) is 0 Å². The van der Waals surface area contributed by atoms with Crippen LogP contribution in [0.1, 0.15) is 6.42 Å². The maximum atomic E-state index is 5.78. The maximum absolute atomic E-state index is 5.78. The fraction of sp³-hybridized carbons (Fsp3) is 0.600. The highest BCUT2D eigenvalue weighted by molar-refractivity contribution is 5.39. The molecule has 0 unspecified atom stereocenters. The molecular formula is C15H26N2O3. The van der Waals surface area contributed by atoms with Crippen LogP contribution in [0.4, 0.5) is 0 Å². The molecule has 0 saturated heterocycles. The molecule has 20 heavy (non-hydrogen) atoms. The average molecular weight is 282 g/mol. The van der Waals surface area contributed by atoms with E-state index in [-0.39, 0.29) is 0 Å². The van der Waals surface area contributed by atoms with E-state index < -0.39 is 0 Å². The molecule has 1 aromatic carbocycles. The van der Waals surface area contributed by atoms with Crippen molar-refractivity contribution in [3.8, 4) is 11.5 Å². The molecule has 0 aliphatic carbocycles. The van der Waals surface area contributed by atoms with Crippen LogP contribution in [0.5, 0.6) is 11.5 Å². The molecule has 0 fully saturated rings. The molecule has 0 spiro atoms. The molecule has 0 amide bonds. The third-order valence-corrected chi connectivity index (χ3v) is 3.02. The molecule has 1 rings (SSSR count). The molecule has 0 bridgehead atoms. The Morgan fingerprint density at radius 3 is 2.35 bits per heavy atom. The minimum Gasteiger partial charge on any atom is -0.493 e. The van der Waals surface area contributed by atoms with E-state index in [0.717, 1.165) is 44.2 Å². The monoisotopic (exact) mass is 282 g/mol. The Kier molecular flexibility index (Phi) is 8.78. The van der Waals surface area contributed by atoms with Gasteiger partial charge in [0.15, 0.2) is 11.5 Å². The van der Waals surface area contributed by atoms with Crippen LogP contribution < -0.4 is 15.2 Å². The fourth-order valence-corrected chi connectivity index (χ4v) is 1.89. The molecule has 5 nitrogen and oxygen atoms in total. The Bertz CT molecular complexity index is 353. The SMILES string of the molecule is COCCN(CCCN)CCOc1ccccc1OC. The van der Waals surface area contributed by atoms with Crippen molar-refractivity contribution in [3.05, 3.63) is 24.3 Å². The van der Waals surface area contributed by atoms with E-state index in [1.807, 2.05) is 24.3 Å². The summed E-state index contributed by atoms with van der Waals surface area (Å²) in [5, 5.41) is 0. The second-order valence-corrected chi connectivity index (χ2v) is 4.48. The third-order valence-electron chi connectivity index (χ3n) is 3.02. The first-order chi connectivity index (χ1) is 9.81. The van der Waals surface area contributed by atoms with E-state index in [4.69, 9.17) is 19.9 Å². The van der Waals surface area contributed by atoms with Crippen LogP contribution in [-0.2, 0) is 4.74 Å². The van der Waals surface area contributed by atoms with Gasteiger partial charge in [-0.1, -0.05) is 12.1 Å². The van der Waals surface area contributed by atoms with Crippen LogP contribution in [0.25, 0.3) is 0 Å². The van der Waals surface area contributed by atoms with Crippen LogP contribution in [-0.4, -0.2) is 58.5 Å². The first-order valence-corrected chi connectivity index (χ1v) is 6.99. The Hall–Kier alpha value is -1.30. The van der Waals surface area contributed by atoms with Crippen LogP contribution in [0.15, 0.2) is 24.3 Å². The van der Waals surface area contributed by atoms with Gasteiger partial charge in [-0.3, -0.25) is 4.90 Å². The molecule has 114 valence electrons. The van der Waals surface area contributed by atoms with Crippen molar-refractivity contribution in [3.63, 3.8) is 0 Å². The molecule has 2 N–H and O–H groups in total. The summed E-state index contributed by atoms with van der Waals surface area (Å²) in [7, 11) is 3.36. The lowest BCUT2D eigenvalue weighted by Crippen LogP contribution is -2.33. The number of nitrogens with two attached hydrogens (primary N) is 1. The quantitative estimate of drug-likeness (QED) is 0.664. The van der Waals surface area contributed by atoms with Gasteiger partial charge in [0.05, 0.1) is 13.7 Å². The summed E-state index contributed by atoms with van der Waals surface area (Å²) in [6.07, 6.45) is 0.984. The molecule has 0 aromatic heterocycles. The molecule has 0 aliphatic rings. The van der Waals surface area contributed by atoms with Crippen molar-refractivity contribution < 1.29 is 14.2 Å². The first-order valence-electron chi connectivity index (χ1n) is 6.99. The van der Waals surface area contributed by atoms with E-state index in [9.17, 15) is 0 Å². The molecular weight excluding hydrogens is 256 g/mol. The van der Waals surface area contributed by atoms with E-state index in [1.54, 1.807) is 14.2 Å². The molecule has 0 radical (unpaired) electrons. The highest BCUT2D eigenvalue weighted by Gasteiger charge is 2.06. The Balaban J connectivity index is 2.38. The Morgan fingerprint density at radius 1 is 1.00 bits per heavy atom. The maximum Gasteiger partial charge on any atom is 0.161 e. The van der Waals surface area contributed by atoms with Crippen LogP contribution in [0.3, 0.4) is 0 Å². The van der Waals surface area contributed by atoms with E-state index in [0.29, 0.717) is 13.2 Å². The summed E-state index contributed by atoms with van der Waals surface area (Å²) in [4.78, 5) is 2.30. The minimum absolute atomic E-state index is 0.620. The number of rotatable bonds is 11. The highest BCUT2D eigenvalue weighted by atomic mass is 16.5. The van der Waals surface area contributed by atoms with Gasteiger partial charge in [-0.05, 0) is 31.6 Å². The molecule has 0 atom stereocenters. The van der Waals surface area contributed by atoms with Gasteiger partial charge in [-0.25, -0.2) is 0 Å². The van der Waals surface area contributed by atoms with Gasteiger partial charge in [0.1, 0.15) is 6.61 Å². The summed E-state index contributed by atoms with van der Waals surface area (Å²) in [6.45, 7) is 4.76. The number of methoxy groups -OCH3 is 2. The average Bonchev–Trinajstić information content (AvgIpc) is 2.49. The molecule has 0 saturated carbocycles. The summed E-state index contributed by atoms with van der Waals surface area (Å²) in [6, 6.07) is 7.68. The van der Waals surface area contributed by atoms with Gasteiger partial charge >= 0.3 is 0 Å². The zero-order chi connectivity index (χ0) is 14.6. The summed E-state index contributed by atoms with van der Waals surface area (Å²) in [5.41, 5.74) is 5.56. The summed E-state index contributed by atoms with van der Waals surface area (Å²) in [5.74, 6) is 1.54. The Morgan fingerprint density at radius 2 is 1.70 bits per heavy atom. The van der Waals surface area contributed by atoms with Crippen molar-refractivity contribution in [2.24, 2.45) is 5.73 Å². The van der Waals surface area contributed by atoms with Gasteiger partial charge in [-0.2, -0.15) is 0 Å².